The van der Waals surface area contributed by atoms with Crippen LogP contribution in [0.4, 0.5) is 4.79 Å². The number of imide groups is 1. The number of amides is 3. The van der Waals surface area contributed by atoms with E-state index in [2.05, 4.69) is 21.7 Å². The van der Waals surface area contributed by atoms with Gasteiger partial charge in [-0.05, 0) is 52.0 Å². The molecule has 1 aliphatic rings. The van der Waals surface area contributed by atoms with Crippen molar-refractivity contribution in [3.05, 3.63) is 34.1 Å². The second kappa shape index (κ2) is 11.9. The predicted octanol–water partition coefficient (Wildman–Crippen LogP) is 3.63. The Labute approximate surface area is 203 Å². The first-order valence-corrected chi connectivity index (χ1v) is 12.4. The highest BCUT2D eigenvalue weighted by Crippen LogP contribution is 2.31. The van der Waals surface area contributed by atoms with Crippen LogP contribution in [0, 0.1) is 0 Å². The molecule has 1 aromatic heterocycles. The summed E-state index contributed by atoms with van der Waals surface area (Å²) in [4.78, 5) is 42.3. The van der Waals surface area contributed by atoms with Crippen molar-refractivity contribution in [2.75, 3.05) is 20.0 Å². The lowest BCUT2D eigenvalue weighted by molar-refractivity contribution is -0.117. The number of ether oxygens (including phenoxy) is 2. The SMILES string of the molecule is COc1cc2nc(SCC(=O)NC(=O)NC(C)C)n(CCC3=CCCCC3)c(=O)c2cc1OC. The monoisotopic (exact) mass is 488 g/mol. The minimum Gasteiger partial charge on any atom is -0.493 e. The van der Waals surface area contributed by atoms with Gasteiger partial charge in [0.15, 0.2) is 16.7 Å². The van der Waals surface area contributed by atoms with Gasteiger partial charge in [0, 0.05) is 18.7 Å². The summed E-state index contributed by atoms with van der Waals surface area (Å²) in [7, 11) is 3.04. The molecule has 0 aliphatic heterocycles. The summed E-state index contributed by atoms with van der Waals surface area (Å²) >= 11 is 1.12. The van der Waals surface area contributed by atoms with E-state index in [0.29, 0.717) is 34.1 Å². The highest BCUT2D eigenvalue weighted by atomic mass is 32.2. The van der Waals surface area contributed by atoms with Crippen LogP contribution in [0.5, 0.6) is 11.5 Å². The van der Waals surface area contributed by atoms with Crippen LogP contribution in [0.15, 0.2) is 33.7 Å². The van der Waals surface area contributed by atoms with Gasteiger partial charge < -0.3 is 14.8 Å². The average Bonchev–Trinajstić information content (AvgIpc) is 2.81. The van der Waals surface area contributed by atoms with E-state index >= 15 is 0 Å². The van der Waals surface area contributed by atoms with Gasteiger partial charge >= 0.3 is 6.03 Å². The van der Waals surface area contributed by atoms with E-state index < -0.39 is 11.9 Å². The fourth-order valence-electron chi connectivity index (χ4n) is 3.81. The molecule has 0 radical (unpaired) electrons. The second-order valence-corrected chi connectivity index (χ2v) is 9.34. The minimum absolute atomic E-state index is 0.0561. The first-order chi connectivity index (χ1) is 16.3. The van der Waals surface area contributed by atoms with E-state index in [0.717, 1.165) is 37.4 Å². The van der Waals surface area contributed by atoms with Crippen molar-refractivity contribution in [2.24, 2.45) is 0 Å². The molecular weight excluding hydrogens is 456 g/mol. The number of allylic oxidation sites excluding steroid dienone is 2. The Kier molecular flexibility index (Phi) is 8.98. The van der Waals surface area contributed by atoms with Gasteiger partial charge in [0.1, 0.15) is 0 Å². The number of hydrogen-bond donors (Lipinski definition) is 2. The first-order valence-electron chi connectivity index (χ1n) is 11.4. The van der Waals surface area contributed by atoms with Crippen molar-refractivity contribution >= 4 is 34.6 Å². The molecule has 0 saturated carbocycles. The Bertz CT molecular complexity index is 1140. The van der Waals surface area contributed by atoms with Crippen molar-refractivity contribution in [3.63, 3.8) is 0 Å². The minimum atomic E-state index is -0.550. The molecule has 0 atom stereocenters. The Balaban J connectivity index is 1.90. The fourth-order valence-corrected chi connectivity index (χ4v) is 4.64. The lowest BCUT2D eigenvalue weighted by Gasteiger charge is -2.17. The topological polar surface area (TPSA) is 112 Å². The van der Waals surface area contributed by atoms with Crippen LogP contribution in [0.25, 0.3) is 10.9 Å². The number of fused-ring (bicyclic) bond motifs is 1. The third-order valence-electron chi connectivity index (χ3n) is 5.47. The summed E-state index contributed by atoms with van der Waals surface area (Å²) in [5.41, 5.74) is 1.59. The molecule has 1 heterocycles. The third-order valence-corrected chi connectivity index (χ3v) is 6.45. The quantitative estimate of drug-likeness (QED) is 0.315. The second-order valence-electron chi connectivity index (χ2n) is 8.40. The molecule has 10 heteroatoms. The fraction of sp³-hybridized carbons (Fsp3) is 0.500. The number of nitrogens with zero attached hydrogens (tertiary/aromatic N) is 2. The largest absolute Gasteiger partial charge is 0.493 e. The number of methoxy groups -OCH3 is 2. The van der Waals surface area contributed by atoms with E-state index in [1.165, 1.54) is 26.2 Å². The lowest BCUT2D eigenvalue weighted by Crippen LogP contribution is -2.43. The summed E-state index contributed by atoms with van der Waals surface area (Å²) < 4.78 is 12.3. The third kappa shape index (κ3) is 6.53. The molecule has 9 nitrogen and oxygen atoms in total. The molecule has 184 valence electrons. The Hall–Kier alpha value is -3.01. The van der Waals surface area contributed by atoms with Gasteiger partial charge in [-0.2, -0.15) is 0 Å². The van der Waals surface area contributed by atoms with E-state index in [-0.39, 0.29) is 17.4 Å². The zero-order valence-electron chi connectivity index (χ0n) is 20.1. The highest BCUT2D eigenvalue weighted by molar-refractivity contribution is 7.99. The smallest absolute Gasteiger partial charge is 0.321 e. The Morgan fingerprint density at radius 1 is 1.18 bits per heavy atom. The summed E-state index contributed by atoms with van der Waals surface area (Å²) in [6, 6.07) is 2.65. The Morgan fingerprint density at radius 3 is 2.56 bits per heavy atom. The average molecular weight is 489 g/mol. The molecule has 0 bridgehead atoms. The summed E-state index contributed by atoms with van der Waals surface area (Å²) in [5, 5.41) is 5.75. The van der Waals surface area contributed by atoms with Gasteiger partial charge in [-0.25, -0.2) is 9.78 Å². The molecule has 1 aromatic carbocycles. The van der Waals surface area contributed by atoms with Gasteiger partial charge in [0.25, 0.3) is 5.56 Å². The maximum absolute atomic E-state index is 13.5. The normalized spacial score (nSPS) is 13.5. The maximum atomic E-state index is 13.5. The molecule has 0 saturated heterocycles. The summed E-state index contributed by atoms with van der Waals surface area (Å²) in [5.74, 6) is 0.392. The van der Waals surface area contributed by atoms with Crippen LogP contribution in [-0.4, -0.2) is 47.5 Å². The van der Waals surface area contributed by atoms with Crippen molar-refractivity contribution in [2.45, 2.75) is 63.7 Å². The number of benzene rings is 1. The zero-order valence-corrected chi connectivity index (χ0v) is 20.9. The molecule has 34 heavy (non-hydrogen) atoms. The van der Waals surface area contributed by atoms with Gasteiger partial charge in [0.2, 0.25) is 5.91 Å². The number of aromatic nitrogens is 2. The molecule has 1 aliphatic carbocycles. The number of nitrogens with one attached hydrogen (secondary N) is 2. The van der Waals surface area contributed by atoms with Gasteiger partial charge in [-0.3, -0.25) is 19.5 Å². The van der Waals surface area contributed by atoms with Crippen LogP contribution in [-0.2, 0) is 11.3 Å². The van der Waals surface area contributed by atoms with E-state index in [4.69, 9.17) is 9.47 Å². The van der Waals surface area contributed by atoms with Crippen molar-refractivity contribution in [1.29, 1.82) is 0 Å². The molecule has 2 N–H and O–H groups in total. The zero-order chi connectivity index (χ0) is 24.7. The molecule has 2 aromatic rings. The Morgan fingerprint density at radius 2 is 1.91 bits per heavy atom. The van der Waals surface area contributed by atoms with Crippen molar-refractivity contribution in [1.82, 2.24) is 20.2 Å². The van der Waals surface area contributed by atoms with Crippen LogP contribution in [0.1, 0.15) is 46.0 Å². The van der Waals surface area contributed by atoms with Crippen LogP contribution >= 0.6 is 11.8 Å². The van der Waals surface area contributed by atoms with Gasteiger partial charge in [0.05, 0.1) is 30.9 Å². The van der Waals surface area contributed by atoms with Crippen LogP contribution in [0.2, 0.25) is 0 Å². The number of carbonyl (C=O) groups excluding carboxylic acids is 2. The predicted molar refractivity (Wildman–Crippen MR) is 133 cm³/mol. The summed E-state index contributed by atoms with van der Waals surface area (Å²) in [6.45, 7) is 4.07. The standard InChI is InChI=1S/C24H32N4O5S/c1-15(2)25-23(31)27-21(29)14-34-24-26-18-13-20(33-4)19(32-3)12-17(18)22(30)28(24)11-10-16-8-6-5-7-9-16/h8,12-13,15H,5-7,9-11,14H2,1-4H3,(H2,25,27,29,31). The first kappa shape index (κ1) is 25.6. The van der Waals surface area contributed by atoms with E-state index in [1.54, 1.807) is 16.7 Å². The maximum Gasteiger partial charge on any atom is 0.321 e. The molecular formula is C24H32N4O5S. The number of thioether (sulfide) groups is 1. The lowest BCUT2D eigenvalue weighted by atomic mass is 9.97. The van der Waals surface area contributed by atoms with E-state index in [9.17, 15) is 14.4 Å². The number of carbonyl (C=O) groups is 2. The molecule has 3 rings (SSSR count). The molecule has 0 fully saturated rings. The van der Waals surface area contributed by atoms with Gasteiger partial charge in [-0.1, -0.05) is 23.4 Å². The number of urea groups is 1. The summed E-state index contributed by atoms with van der Waals surface area (Å²) in [6.07, 6.45) is 7.46. The van der Waals surface area contributed by atoms with Crippen LogP contribution < -0.4 is 25.7 Å². The molecule has 0 unspecified atom stereocenters. The van der Waals surface area contributed by atoms with E-state index in [1.807, 2.05) is 13.8 Å². The number of hydrogen-bond acceptors (Lipinski definition) is 7. The van der Waals surface area contributed by atoms with Crippen molar-refractivity contribution in [3.8, 4) is 11.5 Å². The van der Waals surface area contributed by atoms with Crippen LogP contribution in [0.3, 0.4) is 0 Å². The molecule has 0 spiro atoms. The van der Waals surface area contributed by atoms with Crippen molar-refractivity contribution < 1.29 is 19.1 Å². The molecule has 3 amide bonds. The highest BCUT2D eigenvalue weighted by Gasteiger charge is 2.18. The van der Waals surface area contributed by atoms with Gasteiger partial charge in [-0.15, -0.1) is 0 Å². The number of rotatable bonds is 9.